The van der Waals surface area contributed by atoms with Gasteiger partial charge in [0.2, 0.25) is 6.43 Å². The van der Waals surface area contributed by atoms with E-state index in [0.717, 1.165) is 29.5 Å². The van der Waals surface area contributed by atoms with Crippen LogP contribution in [0.15, 0.2) is 36.4 Å². The van der Waals surface area contributed by atoms with Crippen LogP contribution in [0.3, 0.4) is 0 Å². The van der Waals surface area contributed by atoms with Crippen LogP contribution in [0.4, 0.5) is 22.0 Å². The van der Waals surface area contributed by atoms with Crippen LogP contribution in [0.5, 0.6) is 11.5 Å². The molecule has 1 aliphatic rings. The topological polar surface area (TPSA) is 18.5 Å². The van der Waals surface area contributed by atoms with Gasteiger partial charge in [-0.1, -0.05) is 18.2 Å². The van der Waals surface area contributed by atoms with Gasteiger partial charge in [-0.25, -0.2) is 13.2 Å². The van der Waals surface area contributed by atoms with Crippen molar-refractivity contribution in [1.29, 1.82) is 0 Å². The van der Waals surface area contributed by atoms with Crippen molar-refractivity contribution in [2.24, 2.45) is 0 Å². The highest BCUT2D eigenvalue weighted by molar-refractivity contribution is 5.42. The zero-order valence-electron chi connectivity index (χ0n) is 15.1. The summed E-state index contributed by atoms with van der Waals surface area (Å²) in [5.41, 5.74) is 2.57. The summed E-state index contributed by atoms with van der Waals surface area (Å²) in [6, 6.07) is 9.58. The fourth-order valence-electron chi connectivity index (χ4n) is 3.03. The highest BCUT2D eigenvalue weighted by Crippen LogP contribution is 2.45. The molecule has 0 atom stereocenters. The first kappa shape index (κ1) is 20.4. The molecule has 0 amide bonds. The van der Waals surface area contributed by atoms with Gasteiger partial charge in [-0.2, -0.15) is 8.78 Å². The van der Waals surface area contributed by atoms with E-state index in [9.17, 15) is 22.0 Å². The Bertz CT molecular complexity index is 790. The van der Waals surface area contributed by atoms with Gasteiger partial charge in [0.05, 0.1) is 6.61 Å². The largest absolute Gasteiger partial charge is 0.490 e. The molecular formula is C21H21F5O2. The van der Waals surface area contributed by atoms with Crippen molar-refractivity contribution in [2.45, 2.75) is 51.1 Å². The van der Waals surface area contributed by atoms with Crippen LogP contribution in [0.2, 0.25) is 0 Å². The van der Waals surface area contributed by atoms with Crippen LogP contribution in [0.25, 0.3) is 0 Å². The first-order valence-electron chi connectivity index (χ1n) is 9.19. The van der Waals surface area contributed by atoms with E-state index < -0.39 is 25.3 Å². The molecule has 0 aromatic heterocycles. The lowest BCUT2D eigenvalue weighted by molar-refractivity contribution is -0.0504. The molecule has 0 radical (unpaired) electrons. The fraction of sp³-hybridized carbons (Fsp3) is 0.429. The van der Waals surface area contributed by atoms with E-state index in [1.54, 1.807) is 18.2 Å². The minimum atomic E-state index is -2.86. The van der Waals surface area contributed by atoms with Gasteiger partial charge >= 0.3 is 6.61 Å². The predicted octanol–water partition coefficient (Wildman–Crippen LogP) is 6.12. The summed E-state index contributed by atoms with van der Waals surface area (Å²) in [5.74, 6) is -0.160. The van der Waals surface area contributed by atoms with Gasteiger partial charge in [-0.3, -0.25) is 0 Å². The third kappa shape index (κ3) is 5.84. The molecule has 0 unspecified atom stereocenters. The maximum absolute atomic E-state index is 13.8. The van der Waals surface area contributed by atoms with Gasteiger partial charge in [0.25, 0.3) is 0 Å². The average Bonchev–Trinajstić information content (AvgIpc) is 3.47. The summed E-state index contributed by atoms with van der Waals surface area (Å²) in [5, 5.41) is 0. The van der Waals surface area contributed by atoms with Crippen LogP contribution in [-0.4, -0.2) is 19.6 Å². The van der Waals surface area contributed by atoms with Gasteiger partial charge in [0, 0.05) is 6.42 Å². The second-order valence-electron chi connectivity index (χ2n) is 6.82. The third-order valence-electron chi connectivity index (χ3n) is 4.60. The number of alkyl halides is 4. The molecule has 1 saturated carbocycles. The summed E-state index contributed by atoms with van der Waals surface area (Å²) in [7, 11) is 0. The van der Waals surface area contributed by atoms with E-state index in [1.165, 1.54) is 12.1 Å². The lowest BCUT2D eigenvalue weighted by Crippen LogP contribution is -2.05. The number of rotatable bonds is 10. The highest BCUT2D eigenvalue weighted by Gasteiger charge is 2.28. The Hall–Kier alpha value is -2.31. The van der Waals surface area contributed by atoms with Gasteiger partial charge in [-0.05, 0) is 66.5 Å². The molecule has 0 N–H and O–H groups in total. The molecule has 1 aliphatic carbocycles. The molecule has 7 heteroatoms. The van der Waals surface area contributed by atoms with Crippen LogP contribution in [-0.2, 0) is 12.8 Å². The van der Waals surface area contributed by atoms with E-state index in [0.29, 0.717) is 12.8 Å². The first-order valence-corrected chi connectivity index (χ1v) is 9.19. The monoisotopic (exact) mass is 400 g/mol. The standard InChI is InChI=1S/C21H21F5O2/c22-17-7-3-14(12-19(17)27-10-9-20(23)24)2-1-13-4-8-18(28-21(25)26)16(11-13)15-5-6-15/h3-4,7-8,11-12,15,20-21H,1-2,5-6,9-10H2. The molecule has 2 aromatic rings. The predicted molar refractivity (Wildman–Crippen MR) is 95.0 cm³/mol. The van der Waals surface area contributed by atoms with Gasteiger partial charge < -0.3 is 9.47 Å². The minimum Gasteiger partial charge on any atom is -0.490 e. The second-order valence-corrected chi connectivity index (χ2v) is 6.82. The van der Waals surface area contributed by atoms with E-state index in [2.05, 4.69) is 4.74 Å². The summed E-state index contributed by atoms with van der Waals surface area (Å²) >= 11 is 0. The van der Waals surface area contributed by atoms with Crippen molar-refractivity contribution in [3.8, 4) is 11.5 Å². The molecule has 28 heavy (non-hydrogen) atoms. The van der Waals surface area contributed by atoms with Crippen molar-refractivity contribution < 1.29 is 31.4 Å². The Morgan fingerprint density at radius 1 is 0.893 bits per heavy atom. The number of aryl methyl sites for hydroxylation is 2. The molecule has 2 nitrogen and oxygen atoms in total. The smallest absolute Gasteiger partial charge is 0.387 e. The third-order valence-corrected chi connectivity index (χ3v) is 4.60. The first-order chi connectivity index (χ1) is 13.4. The summed E-state index contributed by atoms with van der Waals surface area (Å²) in [6.45, 7) is -3.11. The molecule has 1 fully saturated rings. The molecule has 0 aliphatic heterocycles. The number of hydrogen-bond donors (Lipinski definition) is 0. The van der Waals surface area contributed by atoms with Crippen molar-refractivity contribution >= 4 is 0 Å². The van der Waals surface area contributed by atoms with Crippen molar-refractivity contribution in [2.75, 3.05) is 6.61 Å². The maximum atomic E-state index is 13.8. The Kier molecular flexibility index (Phi) is 6.75. The average molecular weight is 400 g/mol. The van der Waals surface area contributed by atoms with Crippen LogP contribution in [0, 0.1) is 5.82 Å². The SMILES string of the molecule is Fc1ccc(CCc2ccc(OC(F)F)c(C3CC3)c2)cc1OCCC(F)F. The molecule has 0 bridgehead atoms. The Morgan fingerprint density at radius 2 is 1.57 bits per heavy atom. The lowest BCUT2D eigenvalue weighted by Gasteiger charge is -2.13. The Labute approximate surface area is 160 Å². The second kappa shape index (κ2) is 9.26. The number of ether oxygens (including phenoxy) is 2. The van der Waals surface area contributed by atoms with Gasteiger partial charge in [0.15, 0.2) is 11.6 Å². The maximum Gasteiger partial charge on any atom is 0.387 e. The minimum absolute atomic E-state index is 0.0440. The Morgan fingerprint density at radius 3 is 2.21 bits per heavy atom. The molecule has 2 aromatic carbocycles. The molecule has 0 spiro atoms. The molecule has 0 saturated heterocycles. The van der Waals surface area contributed by atoms with Crippen molar-refractivity contribution in [3.05, 3.63) is 58.9 Å². The zero-order chi connectivity index (χ0) is 20.1. The number of benzene rings is 2. The summed E-state index contributed by atoms with van der Waals surface area (Å²) in [6.07, 6.45) is 0.159. The van der Waals surface area contributed by atoms with E-state index in [4.69, 9.17) is 4.74 Å². The summed E-state index contributed by atoms with van der Waals surface area (Å²) < 4.78 is 73.0. The van der Waals surface area contributed by atoms with Crippen molar-refractivity contribution in [1.82, 2.24) is 0 Å². The van der Waals surface area contributed by atoms with E-state index in [1.807, 2.05) is 6.07 Å². The Balaban J connectivity index is 1.64. The zero-order valence-corrected chi connectivity index (χ0v) is 15.1. The summed E-state index contributed by atoms with van der Waals surface area (Å²) in [4.78, 5) is 0. The van der Waals surface area contributed by atoms with Crippen LogP contribution < -0.4 is 9.47 Å². The molecule has 152 valence electrons. The highest BCUT2D eigenvalue weighted by atomic mass is 19.3. The van der Waals surface area contributed by atoms with Crippen LogP contribution in [0.1, 0.15) is 41.9 Å². The normalized spacial score (nSPS) is 14.0. The number of hydrogen-bond acceptors (Lipinski definition) is 2. The van der Waals surface area contributed by atoms with Crippen molar-refractivity contribution in [3.63, 3.8) is 0 Å². The van der Waals surface area contributed by atoms with E-state index in [-0.39, 0.29) is 24.0 Å². The molecule has 3 rings (SSSR count). The lowest BCUT2D eigenvalue weighted by atomic mass is 10.00. The van der Waals surface area contributed by atoms with E-state index >= 15 is 0 Å². The quantitative estimate of drug-likeness (QED) is 0.447. The fourth-order valence-corrected chi connectivity index (χ4v) is 3.03. The van der Waals surface area contributed by atoms with Gasteiger partial charge in [0.1, 0.15) is 5.75 Å². The molecular weight excluding hydrogens is 379 g/mol. The number of halogens is 5. The van der Waals surface area contributed by atoms with Gasteiger partial charge in [-0.15, -0.1) is 0 Å². The van der Waals surface area contributed by atoms with Crippen LogP contribution >= 0.6 is 0 Å². The molecule has 0 heterocycles.